The highest BCUT2D eigenvalue weighted by molar-refractivity contribution is 9.10. The molecule has 0 aliphatic rings. The van der Waals surface area contributed by atoms with Crippen LogP contribution >= 0.6 is 27.1 Å². The van der Waals surface area contributed by atoms with Gasteiger partial charge in [0.05, 0.1) is 5.56 Å². The van der Waals surface area contributed by atoms with Gasteiger partial charge in [0.25, 0.3) is 5.91 Å². The molecule has 1 atom stereocenters. The van der Waals surface area contributed by atoms with Crippen molar-refractivity contribution in [2.24, 2.45) is 0 Å². The highest BCUT2D eigenvalue weighted by atomic mass is 79.9. The minimum atomic E-state index is -1.75. The molecule has 0 saturated heterocycles. The van der Waals surface area contributed by atoms with Crippen LogP contribution in [0, 0.1) is 6.92 Å². The number of rotatable bonds is 8. The van der Waals surface area contributed by atoms with Gasteiger partial charge in [-0.25, -0.2) is 4.98 Å². The summed E-state index contributed by atoms with van der Waals surface area (Å²) in [5.74, 6) is 0.895. The first kappa shape index (κ1) is 20.1. The Bertz CT molecular complexity index is 952. The van der Waals surface area contributed by atoms with Gasteiger partial charge in [0.1, 0.15) is 5.82 Å². The van der Waals surface area contributed by atoms with Crippen molar-refractivity contribution in [2.45, 2.75) is 13.3 Å². The van der Waals surface area contributed by atoms with Crippen LogP contribution in [0.5, 0.6) is 0 Å². The number of carbonyl (C=O) groups excluding carboxylic acids is 1. The summed E-state index contributed by atoms with van der Waals surface area (Å²) in [5, 5.41) is 8.93. The summed E-state index contributed by atoms with van der Waals surface area (Å²) < 4.78 is 20.3. The fourth-order valence-corrected chi connectivity index (χ4v) is 3.45. The predicted octanol–water partition coefficient (Wildman–Crippen LogP) is 3.23. The molecule has 0 aliphatic heterocycles. The summed E-state index contributed by atoms with van der Waals surface area (Å²) in [7, 11) is 0. The van der Waals surface area contributed by atoms with Gasteiger partial charge in [0.2, 0.25) is 11.6 Å². The molecule has 9 nitrogen and oxygen atoms in total. The average molecular weight is 464 g/mol. The smallest absolute Gasteiger partial charge is 0.258 e. The molecule has 11 heteroatoms. The van der Waals surface area contributed by atoms with Crippen molar-refractivity contribution in [1.29, 1.82) is 0 Å². The van der Waals surface area contributed by atoms with Crippen molar-refractivity contribution >= 4 is 50.4 Å². The topological polar surface area (TPSA) is 128 Å². The molecule has 3 aromatic heterocycles. The van der Waals surface area contributed by atoms with Gasteiger partial charge in [-0.1, -0.05) is 0 Å². The van der Waals surface area contributed by atoms with E-state index in [9.17, 15) is 9.35 Å². The molecule has 0 saturated carbocycles. The summed E-state index contributed by atoms with van der Waals surface area (Å²) in [6.45, 7) is 3.22. The first-order chi connectivity index (χ1) is 13.5. The van der Waals surface area contributed by atoms with E-state index in [4.69, 9.17) is 0 Å². The molecule has 0 fully saturated rings. The minimum absolute atomic E-state index is 0.158. The molecule has 28 heavy (non-hydrogen) atoms. The first-order valence-corrected chi connectivity index (χ1v) is 10.3. The molecule has 0 radical (unpaired) electrons. The molecule has 146 valence electrons. The van der Waals surface area contributed by atoms with Gasteiger partial charge in [-0.15, -0.1) is 0 Å². The number of anilines is 3. The van der Waals surface area contributed by atoms with Crippen molar-refractivity contribution in [3.63, 3.8) is 0 Å². The van der Waals surface area contributed by atoms with E-state index in [1.54, 1.807) is 24.5 Å². The molecular weight excluding hydrogens is 446 g/mol. The molecule has 1 amide bonds. The van der Waals surface area contributed by atoms with Crippen LogP contribution in [0.25, 0.3) is 0 Å². The zero-order valence-electron chi connectivity index (χ0n) is 15.0. The molecule has 1 unspecified atom stereocenters. The number of halogens is 1. The normalized spacial score (nSPS) is 11.2. The van der Waals surface area contributed by atoms with Crippen molar-refractivity contribution in [2.75, 3.05) is 29.0 Å². The second-order valence-electron chi connectivity index (χ2n) is 5.83. The number of nitrogens with zero attached hydrogens (tertiary/aromatic N) is 4. The van der Waals surface area contributed by atoms with Crippen LogP contribution in [0.2, 0.25) is 0 Å². The maximum absolute atomic E-state index is 12.2. The third kappa shape index (κ3) is 5.44. The quantitative estimate of drug-likeness (QED) is 0.343. The summed E-state index contributed by atoms with van der Waals surface area (Å²) in [4.78, 5) is 20.4. The van der Waals surface area contributed by atoms with Crippen molar-refractivity contribution < 1.29 is 9.35 Å². The maximum Gasteiger partial charge on any atom is 0.258 e. The molecular formula is C17H18BrN7O2S. The lowest BCUT2D eigenvalue weighted by atomic mass is 10.3. The zero-order chi connectivity index (χ0) is 19.9. The van der Waals surface area contributed by atoms with E-state index in [2.05, 4.69) is 50.6 Å². The third-order valence-corrected chi connectivity index (χ3v) is 4.81. The molecule has 3 aromatic rings. The number of pyridine rings is 2. The molecule has 3 heterocycles. The summed E-state index contributed by atoms with van der Waals surface area (Å²) in [5.41, 5.74) is 1.43. The molecule has 0 spiro atoms. The third-order valence-electron chi connectivity index (χ3n) is 3.70. The Morgan fingerprint density at radius 1 is 1.18 bits per heavy atom. The molecule has 0 aromatic carbocycles. The molecule has 3 rings (SSSR count). The van der Waals surface area contributed by atoms with Crippen LogP contribution < -0.4 is 16.0 Å². The van der Waals surface area contributed by atoms with Crippen molar-refractivity contribution in [3.8, 4) is 0 Å². The number of nitrogens with one attached hydrogen (secondary N) is 3. The Kier molecular flexibility index (Phi) is 6.85. The zero-order valence-corrected chi connectivity index (χ0v) is 17.4. The largest absolute Gasteiger partial charge is 0.546 e. The van der Waals surface area contributed by atoms with E-state index in [0.717, 1.165) is 22.3 Å². The maximum atomic E-state index is 12.2. The summed E-state index contributed by atoms with van der Waals surface area (Å²) in [6, 6.07) is 5.28. The average Bonchev–Trinajstić information content (AvgIpc) is 3.02. The Hall–Kier alpha value is -2.63. The fourth-order valence-electron chi connectivity index (χ4n) is 2.37. The lowest BCUT2D eigenvalue weighted by Gasteiger charge is -2.09. The van der Waals surface area contributed by atoms with E-state index >= 15 is 0 Å². The number of hydrogen-bond acceptors (Lipinski definition) is 8. The highest BCUT2D eigenvalue weighted by Crippen LogP contribution is 2.23. The second kappa shape index (κ2) is 9.53. The van der Waals surface area contributed by atoms with Crippen LogP contribution in [-0.2, 0) is 0 Å². The van der Waals surface area contributed by atoms with Crippen molar-refractivity contribution in [3.05, 3.63) is 52.4 Å². The Morgan fingerprint density at radius 3 is 2.64 bits per heavy atom. The Morgan fingerprint density at radius 2 is 1.93 bits per heavy atom. The number of aromatic nitrogens is 4. The number of amides is 1. The van der Waals surface area contributed by atoms with E-state index < -0.39 is 17.0 Å². The standard InChI is InChI=1S/C17H18BrN7O2S/c1-11-8-13(18)10-22-14(11)20-6-3-7-21-15-16(25-28(27)24-15)23-17(26)12-4-2-5-19-9-12/h2,4-5,8-10H,3,6-7H2,1H3,(H,20,22)(H,21,24)(H,23,25,26). The van der Waals surface area contributed by atoms with E-state index in [1.807, 2.05) is 13.0 Å². The van der Waals surface area contributed by atoms with E-state index in [1.165, 1.54) is 6.20 Å². The van der Waals surface area contributed by atoms with Crippen LogP contribution in [0.1, 0.15) is 22.3 Å². The van der Waals surface area contributed by atoms with E-state index in [-0.39, 0.29) is 5.82 Å². The number of aryl methyl sites for hydroxylation is 1. The van der Waals surface area contributed by atoms with Crippen LogP contribution in [0.4, 0.5) is 17.5 Å². The van der Waals surface area contributed by atoms with Gasteiger partial charge < -0.3 is 15.2 Å². The predicted molar refractivity (Wildman–Crippen MR) is 111 cm³/mol. The monoisotopic (exact) mass is 463 g/mol. The Labute approximate surface area is 173 Å². The SMILES string of the molecule is Cc1cc(Br)cnc1NCCCNc1n[s+]([O-])nc1NC(=O)c1cccnc1. The molecule has 0 aliphatic carbocycles. The van der Waals surface area contributed by atoms with Gasteiger partial charge in [-0.05, 0) is 53.0 Å². The van der Waals surface area contributed by atoms with Crippen LogP contribution in [-0.4, -0.2) is 42.3 Å². The molecule has 0 bridgehead atoms. The van der Waals surface area contributed by atoms with Gasteiger partial charge >= 0.3 is 0 Å². The first-order valence-electron chi connectivity index (χ1n) is 8.44. The van der Waals surface area contributed by atoms with Gasteiger partial charge in [-0.3, -0.25) is 15.1 Å². The Balaban J connectivity index is 1.50. The van der Waals surface area contributed by atoms with Gasteiger partial charge in [-0.2, -0.15) is 0 Å². The van der Waals surface area contributed by atoms with E-state index in [0.29, 0.717) is 24.5 Å². The minimum Gasteiger partial charge on any atom is -0.546 e. The van der Waals surface area contributed by atoms with Gasteiger partial charge in [0.15, 0.2) is 11.1 Å². The highest BCUT2D eigenvalue weighted by Gasteiger charge is 2.18. The molecule has 3 N–H and O–H groups in total. The number of carbonyl (C=O) groups is 1. The van der Waals surface area contributed by atoms with Gasteiger partial charge in [0, 0.05) is 44.9 Å². The van der Waals surface area contributed by atoms with Crippen molar-refractivity contribution in [1.82, 2.24) is 18.7 Å². The fraction of sp³-hybridized carbons (Fsp3) is 0.235. The summed E-state index contributed by atoms with van der Waals surface area (Å²) in [6.07, 6.45) is 5.51. The van der Waals surface area contributed by atoms with Crippen LogP contribution in [0.15, 0.2) is 41.3 Å². The lowest BCUT2D eigenvalue weighted by Crippen LogP contribution is -2.15. The number of hydrogen-bond donors (Lipinski definition) is 3. The second-order valence-corrected chi connectivity index (χ2v) is 7.57. The van der Waals surface area contributed by atoms with Crippen LogP contribution in [0.3, 0.4) is 0 Å². The summed E-state index contributed by atoms with van der Waals surface area (Å²) >= 11 is 1.64. The lowest BCUT2D eigenvalue weighted by molar-refractivity contribution is 0.102.